The smallest absolute Gasteiger partial charge is 0.129 e. The molecule has 1 saturated heterocycles. The standard InChI is InChI=1S/C10H11BrFN/c11-7-3-1-4-8(12)10(7)9-5-2-6-13-9/h1,3-4,9,13H,2,5-6H2/t9-/m1/s1. The summed E-state index contributed by atoms with van der Waals surface area (Å²) >= 11 is 3.38. The molecule has 0 aliphatic carbocycles. The fourth-order valence-electron chi connectivity index (χ4n) is 1.77. The Kier molecular flexibility index (Phi) is 2.65. The van der Waals surface area contributed by atoms with E-state index < -0.39 is 0 Å². The molecule has 1 nitrogen and oxygen atoms in total. The van der Waals surface area contributed by atoms with Crippen LogP contribution in [0.3, 0.4) is 0 Å². The van der Waals surface area contributed by atoms with Crippen molar-refractivity contribution in [3.8, 4) is 0 Å². The van der Waals surface area contributed by atoms with Crippen LogP contribution in [-0.2, 0) is 0 Å². The van der Waals surface area contributed by atoms with Gasteiger partial charge in [-0.2, -0.15) is 0 Å². The van der Waals surface area contributed by atoms with Gasteiger partial charge in [0.2, 0.25) is 0 Å². The minimum Gasteiger partial charge on any atom is -0.310 e. The maximum atomic E-state index is 13.4. The first-order valence-corrected chi connectivity index (χ1v) is 5.25. The maximum absolute atomic E-state index is 13.4. The lowest BCUT2D eigenvalue weighted by molar-refractivity contribution is 0.556. The van der Waals surface area contributed by atoms with Gasteiger partial charge in [-0.25, -0.2) is 4.39 Å². The van der Waals surface area contributed by atoms with Gasteiger partial charge in [-0.15, -0.1) is 0 Å². The zero-order valence-corrected chi connectivity index (χ0v) is 8.77. The molecule has 1 N–H and O–H groups in total. The van der Waals surface area contributed by atoms with Crippen LogP contribution in [0.25, 0.3) is 0 Å². The molecule has 0 aromatic heterocycles. The van der Waals surface area contributed by atoms with Crippen molar-refractivity contribution < 1.29 is 4.39 Å². The minimum absolute atomic E-state index is 0.117. The summed E-state index contributed by atoms with van der Waals surface area (Å²) in [5, 5.41) is 3.28. The van der Waals surface area contributed by atoms with Crippen molar-refractivity contribution in [1.29, 1.82) is 0 Å². The molecule has 1 heterocycles. The van der Waals surface area contributed by atoms with Gasteiger partial charge >= 0.3 is 0 Å². The molecule has 2 rings (SSSR count). The molecule has 70 valence electrons. The van der Waals surface area contributed by atoms with E-state index in [-0.39, 0.29) is 11.9 Å². The first-order chi connectivity index (χ1) is 6.29. The van der Waals surface area contributed by atoms with Crippen LogP contribution in [0.4, 0.5) is 4.39 Å². The van der Waals surface area contributed by atoms with E-state index in [1.165, 1.54) is 6.07 Å². The number of hydrogen-bond donors (Lipinski definition) is 1. The third-order valence-corrected chi connectivity index (χ3v) is 3.10. The first-order valence-electron chi connectivity index (χ1n) is 4.46. The molecule has 0 spiro atoms. The Balaban J connectivity index is 2.37. The Labute approximate surface area is 85.5 Å². The highest BCUT2D eigenvalue weighted by Crippen LogP contribution is 2.31. The second-order valence-electron chi connectivity index (χ2n) is 3.28. The molecule has 0 amide bonds. The van der Waals surface area contributed by atoms with E-state index in [1.807, 2.05) is 6.07 Å². The van der Waals surface area contributed by atoms with Crippen LogP contribution < -0.4 is 5.32 Å². The summed E-state index contributed by atoms with van der Waals surface area (Å²) in [6.45, 7) is 0.992. The van der Waals surface area contributed by atoms with E-state index in [2.05, 4.69) is 21.2 Å². The van der Waals surface area contributed by atoms with Gasteiger partial charge in [0, 0.05) is 16.1 Å². The summed E-state index contributed by atoms with van der Waals surface area (Å²) in [7, 11) is 0. The lowest BCUT2D eigenvalue weighted by Gasteiger charge is -2.13. The van der Waals surface area contributed by atoms with Crippen LogP contribution in [0.1, 0.15) is 24.4 Å². The topological polar surface area (TPSA) is 12.0 Å². The van der Waals surface area contributed by atoms with E-state index in [0.29, 0.717) is 0 Å². The highest BCUT2D eigenvalue weighted by Gasteiger charge is 2.21. The molecule has 1 aliphatic heterocycles. The van der Waals surface area contributed by atoms with Gasteiger partial charge < -0.3 is 5.32 Å². The number of benzene rings is 1. The van der Waals surface area contributed by atoms with E-state index in [1.54, 1.807) is 6.07 Å². The Morgan fingerprint density at radius 3 is 2.92 bits per heavy atom. The lowest BCUT2D eigenvalue weighted by atomic mass is 10.1. The van der Waals surface area contributed by atoms with Crippen LogP contribution in [0, 0.1) is 5.82 Å². The molecule has 0 radical (unpaired) electrons. The summed E-state index contributed by atoms with van der Waals surface area (Å²) in [6, 6.07) is 5.31. The summed E-state index contributed by atoms with van der Waals surface area (Å²) in [4.78, 5) is 0. The number of hydrogen-bond acceptors (Lipinski definition) is 1. The molecule has 1 atom stereocenters. The molecule has 13 heavy (non-hydrogen) atoms. The van der Waals surface area contributed by atoms with Crippen LogP contribution in [0.15, 0.2) is 22.7 Å². The molecule has 0 bridgehead atoms. The summed E-state index contributed by atoms with van der Waals surface area (Å²) in [5.74, 6) is -0.117. The third-order valence-electron chi connectivity index (χ3n) is 2.41. The van der Waals surface area contributed by atoms with E-state index in [9.17, 15) is 4.39 Å². The average Bonchev–Trinajstić information content (AvgIpc) is 2.57. The van der Waals surface area contributed by atoms with E-state index >= 15 is 0 Å². The molecule has 1 fully saturated rings. The highest BCUT2D eigenvalue weighted by molar-refractivity contribution is 9.10. The van der Waals surface area contributed by atoms with Crippen molar-refractivity contribution in [3.63, 3.8) is 0 Å². The molecule has 1 aromatic rings. The van der Waals surface area contributed by atoms with Gasteiger partial charge in [0.15, 0.2) is 0 Å². The van der Waals surface area contributed by atoms with E-state index in [0.717, 1.165) is 29.4 Å². The number of nitrogens with one attached hydrogen (secondary N) is 1. The second kappa shape index (κ2) is 3.76. The van der Waals surface area contributed by atoms with E-state index in [4.69, 9.17) is 0 Å². The summed E-state index contributed by atoms with van der Waals surface area (Å²) in [5.41, 5.74) is 0.778. The van der Waals surface area contributed by atoms with Gasteiger partial charge in [-0.05, 0) is 31.5 Å². The van der Waals surface area contributed by atoms with Gasteiger partial charge in [0.1, 0.15) is 5.82 Å². The van der Waals surface area contributed by atoms with Crippen molar-refractivity contribution in [1.82, 2.24) is 5.32 Å². The maximum Gasteiger partial charge on any atom is 0.129 e. The molecule has 0 saturated carbocycles. The van der Waals surface area contributed by atoms with Crippen molar-refractivity contribution in [3.05, 3.63) is 34.1 Å². The monoisotopic (exact) mass is 243 g/mol. The minimum atomic E-state index is -0.117. The zero-order chi connectivity index (χ0) is 9.26. The van der Waals surface area contributed by atoms with Crippen LogP contribution in [0.5, 0.6) is 0 Å². The normalized spacial score (nSPS) is 22.2. The Hall–Kier alpha value is -0.410. The Morgan fingerprint density at radius 1 is 1.46 bits per heavy atom. The number of halogens is 2. The summed E-state index contributed by atoms with van der Waals surface area (Å²) < 4.78 is 14.3. The quantitative estimate of drug-likeness (QED) is 0.800. The third kappa shape index (κ3) is 1.76. The van der Waals surface area contributed by atoms with Crippen LogP contribution >= 0.6 is 15.9 Å². The average molecular weight is 244 g/mol. The van der Waals surface area contributed by atoms with Crippen molar-refractivity contribution in [2.24, 2.45) is 0 Å². The fourth-order valence-corrected chi connectivity index (χ4v) is 2.39. The van der Waals surface area contributed by atoms with Gasteiger partial charge in [-0.1, -0.05) is 22.0 Å². The van der Waals surface area contributed by atoms with Crippen LogP contribution in [-0.4, -0.2) is 6.54 Å². The number of rotatable bonds is 1. The fraction of sp³-hybridized carbons (Fsp3) is 0.400. The largest absolute Gasteiger partial charge is 0.310 e. The second-order valence-corrected chi connectivity index (χ2v) is 4.14. The lowest BCUT2D eigenvalue weighted by Crippen LogP contribution is -2.14. The molecule has 1 aromatic carbocycles. The molecule has 1 aliphatic rings. The Bertz CT molecular complexity index is 288. The Morgan fingerprint density at radius 2 is 2.31 bits per heavy atom. The van der Waals surface area contributed by atoms with Gasteiger partial charge in [0.25, 0.3) is 0 Å². The predicted octanol–water partition coefficient (Wildman–Crippen LogP) is 3.01. The molecule has 3 heteroatoms. The summed E-state index contributed by atoms with van der Waals surface area (Å²) in [6.07, 6.45) is 2.16. The van der Waals surface area contributed by atoms with Gasteiger partial charge in [0.05, 0.1) is 0 Å². The zero-order valence-electron chi connectivity index (χ0n) is 7.19. The first kappa shape index (κ1) is 9.16. The van der Waals surface area contributed by atoms with Crippen molar-refractivity contribution in [2.75, 3.05) is 6.54 Å². The van der Waals surface area contributed by atoms with Crippen molar-refractivity contribution >= 4 is 15.9 Å². The van der Waals surface area contributed by atoms with Gasteiger partial charge in [-0.3, -0.25) is 0 Å². The highest BCUT2D eigenvalue weighted by atomic mass is 79.9. The molecular weight excluding hydrogens is 233 g/mol. The SMILES string of the molecule is Fc1cccc(Br)c1[C@H]1CCCN1. The van der Waals surface area contributed by atoms with Crippen LogP contribution in [0.2, 0.25) is 0 Å². The molecular formula is C10H11BrFN. The molecule has 0 unspecified atom stereocenters. The predicted molar refractivity (Wildman–Crippen MR) is 54.1 cm³/mol. The van der Waals surface area contributed by atoms with Crippen molar-refractivity contribution in [2.45, 2.75) is 18.9 Å².